The van der Waals surface area contributed by atoms with Gasteiger partial charge in [0.1, 0.15) is 11.3 Å². The summed E-state index contributed by atoms with van der Waals surface area (Å²) in [6.07, 6.45) is 1.30. The number of ether oxygens (including phenoxy) is 1. The topological polar surface area (TPSA) is 58.6 Å². The molecule has 0 unspecified atom stereocenters. The average Bonchev–Trinajstić information content (AvgIpc) is 3.47. The number of nitrogens with one attached hydrogen (secondary N) is 1. The number of carbonyl (C=O) groups excluding carboxylic acids is 2. The SMILES string of the molecule is COc1ccccc1CN(C(=O)c1ccccc1I)C1(C(=O)NC(C)(C)C)CC1. The molecule has 3 rings (SSSR count). The van der Waals surface area contributed by atoms with Gasteiger partial charge >= 0.3 is 0 Å². The summed E-state index contributed by atoms with van der Waals surface area (Å²) in [4.78, 5) is 28.6. The Morgan fingerprint density at radius 2 is 1.72 bits per heavy atom. The van der Waals surface area contributed by atoms with Crippen LogP contribution in [0.4, 0.5) is 0 Å². The first-order chi connectivity index (χ1) is 13.7. The predicted molar refractivity (Wildman–Crippen MR) is 122 cm³/mol. The van der Waals surface area contributed by atoms with Crippen LogP contribution in [0.25, 0.3) is 0 Å². The Bertz CT molecular complexity index is 916. The second-order valence-corrected chi connectivity index (χ2v) is 9.58. The summed E-state index contributed by atoms with van der Waals surface area (Å²) in [5.41, 5.74) is 0.291. The summed E-state index contributed by atoms with van der Waals surface area (Å²) in [6.45, 7) is 6.17. The van der Waals surface area contributed by atoms with Crippen molar-refractivity contribution in [3.05, 3.63) is 63.2 Å². The number of halogens is 1. The Labute approximate surface area is 186 Å². The van der Waals surface area contributed by atoms with Crippen LogP contribution in [0.5, 0.6) is 5.75 Å². The van der Waals surface area contributed by atoms with Crippen LogP contribution >= 0.6 is 22.6 Å². The Hall–Kier alpha value is -2.09. The molecule has 0 aromatic heterocycles. The van der Waals surface area contributed by atoms with E-state index in [9.17, 15) is 9.59 Å². The lowest BCUT2D eigenvalue weighted by atomic mass is 10.0. The van der Waals surface area contributed by atoms with Crippen molar-refractivity contribution in [1.29, 1.82) is 0 Å². The van der Waals surface area contributed by atoms with Gasteiger partial charge < -0.3 is 15.0 Å². The average molecular weight is 506 g/mol. The molecular weight excluding hydrogens is 479 g/mol. The van der Waals surface area contributed by atoms with Crippen LogP contribution in [-0.4, -0.2) is 34.9 Å². The maximum atomic E-state index is 13.6. The Kier molecular flexibility index (Phi) is 6.22. The minimum atomic E-state index is -0.829. The molecule has 0 aliphatic heterocycles. The quantitative estimate of drug-likeness (QED) is 0.592. The lowest BCUT2D eigenvalue weighted by Crippen LogP contribution is -2.55. The molecular formula is C23H27IN2O3. The van der Waals surface area contributed by atoms with Crippen LogP contribution in [0.15, 0.2) is 48.5 Å². The summed E-state index contributed by atoms with van der Waals surface area (Å²) in [7, 11) is 1.62. The molecule has 154 valence electrons. The molecule has 0 spiro atoms. The molecule has 0 radical (unpaired) electrons. The number of carbonyl (C=O) groups is 2. The molecule has 6 heteroatoms. The summed E-state index contributed by atoms with van der Waals surface area (Å²) in [6, 6.07) is 15.1. The zero-order valence-corrected chi connectivity index (χ0v) is 19.4. The van der Waals surface area contributed by atoms with Crippen LogP contribution in [0, 0.1) is 3.57 Å². The molecule has 0 saturated heterocycles. The molecule has 29 heavy (non-hydrogen) atoms. The highest BCUT2D eigenvalue weighted by atomic mass is 127. The van der Waals surface area contributed by atoms with Gasteiger partial charge in [-0.2, -0.15) is 0 Å². The van der Waals surface area contributed by atoms with E-state index in [4.69, 9.17) is 4.74 Å². The smallest absolute Gasteiger partial charge is 0.256 e. The van der Waals surface area contributed by atoms with Crippen LogP contribution < -0.4 is 10.1 Å². The van der Waals surface area contributed by atoms with Crippen molar-refractivity contribution in [3.63, 3.8) is 0 Å². The molecule has 5 nitrogen and oxygen atoms in total. The number of amides is 2. The van der Waals surface area contributed by atoms with E-state index in [1.54, 1.807) is 12.0 Å². The molecule has 1 aliphatic rings. The largest absolute Gasteiger partial charge is 0.496 e. The number of para-hydroxylation sites is 1. The van der Waals surface area contributed by atoms with E-state index in [1.165, 1.54) is 0 Å². The molecule has 1 saturated carbocycles. The van der Waals surface area contributed by atoms with E-state index in [2.05, 4.69) is 27.9 Å². The van der Waals surface area contributed by atoms with Crippen molar-refractivity contribution in [2.45, 2.75) is 51.2 Å². The highest BCUT2D eigenvalue weighted by molar-refractivity contribution is 14.1. The molecule has 2 aromatic carbocycles. The highest BCUT2D eigenvalue weighted by Gasteiger charge is 2.57. The van der Waals surface area contributed by atoms with E-state index < -0.39 is 5.54 Å². The fraction of sp³-hybridized carbons (Fsp3) is 0.391. The van der Waals surface area contributed by atoms with Crippen molar-refractivity contribution >= 4 is 34.4 Å². The van der Waals surface area contributed by atoms with Crippen molar-refractivity contribution in [3.8, 4) is 5.75 Å². The zero-order chi connectivity index (χ0) is 21.2. The van der Waals surface area contributed by atoms with Crippen LogP contribution in [0.2, 0.25) is 0 Å². The molecule has 1 fully saturated rings. The van der Waals surface area contributed by atoms with Crippen molar-refractivity contribution in [2.75, 3.05) is 7.11 Å². The van der Waals surface area contributed by atoms with Crippen molar-refractivity contribution < 1.29 is 14.3 Å². The van der Waals surface area contributed by atoms with Gasteiger partial charge in [0, 0.05) is 14.7 Å². The normalized spacial score (nSPS) is 14.8. The standard InChI is InChI=1S/C23H27IN2O3/c1-22(2,3)25-21(28)23(13-14-23)26(15-16-9-5-8-12-19(16)29-4)20(27)17-10-6-7-11-18(17)24/h5-12H,13-15H2,1-4H3,(H,25,28). The third-order valence-corrected chi connectivity index (χ3v) is 5.96. The van der Waals surface area contributed by atoms with Crippen LogP contribution in [0.3, 0.4) is 0 Å². The van der Waals surface area contributed by atoms with Gasteiger partial charge in [-0.3, -0.25) is 9.59 Å². The second-order valence-electron chi connectivity index (χ2n) is 8.42. The van der Waals surface area contributed by atoms with Gasteiger partial charge in [0.25, 0.3) is 5.91 Å². The summed E-state index contributed by atoms with van der Waals surface area (Å²) >= 11 is 2.17. The minimum absolute atomic E-state index is 0.0980. The fourth-order valence-corrected chi connectivity index (χ4v) is 4.01. The van der Waals surface area contributed by atoms with Gasteiger partial charge in [-0.15, -0.1) is 0 Å². The van der Waals surface area contributed by atoms with E-state index in [0.29, 0.717) is 30.7 Å². The van der Waals surface area contributed by atoms with Gasteiger partial charge in [-0.25, -0.2) is 0 Å². The number of hydrogen-bond acceptors (Lipinski definition) is 3. The van der Waals surface area contributed by atoms with Gasteiger partial charge in [-0.1, -0.05) is 30.3 Å². The minimum Gasteiger partial charge on any atom is -0.496 e. The van der Waals surface area contributed by atoms with E-state index in [1.807, 2.05) is 69.3 Å². The monoisotopic (exact) mass is 506 g/mol. The van der Waals surface area contributed by atoms with Crippen molar-refractivity contribution in [2.24, 2.45) is 0 Å². The number of nitrogens with zero attached hydrogens (tertiary/aromatic N) is 1. The Morgan fingerprint density at radius 3 is 2.31 bits per heavy atom. The Balaban J connectivity index is 2.01. The maximum absolute atomic E-state index is 13.6. The van der Waals surface area contributed by atoms with Gasteiger partial charge in [0.05, 0.1) is 19.2 Å². The Morgan fingerprint density at radius 1 is 1.10 bits per heavy atom. The first-order valence-corrected chi connectivity index (χ1v) is 10.8. The number of rotatable bonds is 6. The number of methoxy groups -OCH3 is 1. The summed E-state index contributed by atoms with van der Waals surface area (Å²) < 4.78 is 6.36. The van der Waals surface area contributed by atoms with E-state index >= 15 is 0 Å². The van der Waals surface area contributed by atoms with E-state index in [0.717, 1.165) is 9.13 Å². The molecule has 1 aliphatic carbocycles. The third kappa shape index (κ3) is 4.74. The molecule has 2 aromatic rings. The molecule has 1 N–H and O–H groups in total. The fourth-order valence-electron chi connectivity index (χ4n) is 3.40. The number of hydrogen-bond donors (Lipinski definition) is 1. The van der Waals surface area contributed by atoms with Gasteiger partial charge in [0.15, 0.2) is 0 Å². The number of benzene rings is 2. The summed E-state index contributed by atoms with van der Waals surface area (Å²) in [5, 5.41) is 3.07. The molecule has 0 atom stereocenters. The van der Waals surface area contributed by atoms with Crippen molar-refractivity contribution in [1.82, 2.24) is 10.2 Å². The lowest BCUT2D eigenvalue weighted by molar-refractivity contribution is -0.128. The third-order valence-electron chi connectivity index (χ3n) is 5.02. The molecule has 2 amide bonds. The maximum Gasteiger partial charge on any atom is 0.256 e. The predicted octanol–water partition coefficient (Wildman–Crippen LogP) is 4.39. The second kappa shape index (κ2) is 8.34. The lowest BCUT2D eigenvalue weighted by Gasteiger charge is -2.34. The molecule has 0 heterocycles. The van der Waals surface area contributed by atoms with Crippen LogP contribution in [-0.2, 0) is 11.3 Å². The first kappa shape index (κ1) is 21.6. The molecule has 0 bridgehead atoms. The highest BCUT2D eigenvalue weighted by Crippen LogP contribution is 2.44. The first-order valence-electron chi connectivity index (χ1n) is 9.69. The summed E-state index contributed by atoms with van der Waals surface area (Å²) in [5.74, 6) is 0.474. The van der Waals surface area contributed by atoms with E-state index in [-0.39, 0.29) is 17.4 Å². The van der Waals surface area contributed by atoms with Gasteiger partial charge in [-0.05, 0) is 74.4 Å². The van der Waals surface area contributed by atoms with Gasteiger partial charge in [0.2, 0.25) is 5.91 Å². The van der Waals surface area contributed by atoms with Crippen LogP contribution in [0.1, 0.15) is 49.5 Å². The zero-order valence-electron chi connectivity index (χ0n) is 17.3.